The molecule has 1 fully saturated rings. The molecule has 0 bridgehead atoms. The largest absolute Gasteiger partial charge is 0.490 e. The van der Waals surface area contributed by atoms with Gasteiger partial charge in [-0.05, 0) is 83.7 Å². The molecule has 0 radical (unpaired) electrons. The van der Waals surface area contributed by atoms with Gasteiger partial charge in [0.15, 0.2) is 11.5 Å². The molecule has 0 atom stereocenters. The molecular formula is C28H24BrClN2O5. The van der Waals surface area contributed by atoms with Gasteiger partial charge < -0.3 is 9.47 Å². The van der Waals surface area contributed by atoms with Crippen LogP contribution in [0.15, 0.2) is 64.6 Å². The number of nitrogens with zero attached hydrogens (tertiary/aromatic N) is 1. The van der Waals surface area contributed by atoms with E-state index in [1.54, 1.807) is 31.2 Å². The normalized spacial score (nSPS) is 14.7. The SMILES string of the molecule is CCOc1cc(/C=C2\C(=O)NC(=O)N(c3cc(Cl)ccc3C)C2=O)cc(Br)c1OCc1cccc(C)c1. The minimum atomic E-state index is -0.839. The highest BCUT2D eigenvalue weighted by atomic mass is 79.9. The second-order valence-electron chi connectivity index (χ2n) is 8.43. The number of hydrogen-bond acceptors (Lipinski definition) is 5. The smallest absolute Gasteiger partial charge is 0.335 e. The van der Waals surface area contributed by atoms with Crippen LogP contribution in [0.2, 0.25) is 5.02 Å². The summed E-state index contributed by atoms with van der Waals surface area (Å²) < 4.78 is 12.4. The maximum absolute atomic E-state index is 13.3. The van der Waals surface area contributed by atoms with Crippen molar-refractivity contribution in [2.45, 2.75) is 27.4 Å². The number of imide groups is 2. The number of rotatable bonds is 7. The Morgan fingerprint density at radius 1 is 1.03 bits per heavy atom. The van der Waals surface area contributed by atoms with Gasteiger partial charge in [0.2, 0.25) is 0 Å². The summed E-state index contributed by atoms with van der Waals surface area (Å²) >= 11 is 9.62. The van der Waals surface area contributed by atoms with E-state index in [0.717, 1.165) is 16.0 Å². The van der Waals surface area contributed by atoms with Crippen LogP contribution in [0.3, 0.4) is 0 Å². The van der Waals surface area contributed by atoms with Crippen molar-refractivity contribution in [3.63, 3.8) is 0 Å². The minimum absolute atomic E-state index is 0.207. The Hall–Kier alpha value is -3.62. The predicted molar refractivity (Wildman–Crippen MR) is 146 cm³/mol. The van der Waals surface area contributed by atoms with E-state index in [1.807, 2.05) is 38.1 Å². The van der Waals surface area contributed by atoms with Gasteiger partial charge in [-0.1, -0.05) is 47.5 Å². The Morgan fingerprint density at radius 2 is 1.81 bits per heavy atom. The molecular weight excluding hydrogens is 560 g/mol. The summed E-state index contributed by atoms with van der Waals surface area (Å²) in [5.41, 5.74) is 3.38. The van der Waals surface area contributed by atoms with E-state index in [2.05, 4.69) is 21.2 Å². The zero-order chi connectivity index (χ0) is 26.7. The third-order valence-corrected chi connectivity index (χ3v) is 6.45. The number of aryl methyl sites for hydroxylation is 2. The number of ether oxygens (including phenoxy) is 2. The monoisotopic (exact) mass is 582 g/mol. The molecule has 0 saturated carbocycles. The zero-order valence-corrected chi connectivity index (χ0v) is 22.8. The van der Waals surface area contributed by atoms with Crippen molar-refractivity contribution in [1.29, 1.82) is 0 Å². The Kier molecular flexibility index (Phi) is 8.00. The lowest BCUT2D eigenvalue weighted by Gasteiger charge is -2.27. The molecule has 4 rings (SSSR count). The fourth-order valence-electron chi connectivity index (χ4n) is 3.90. The molecule has 0 unspecified atom stereocenters. The maximum Gasteiger partial charge on any atom is 0.335 e. The average Bonchev–Trinajstić information content (AvgIpc) is 2.83. The van der Waals surface area contributed by atoms with E-state index < -0.39 is 17.8 Å². The van der Waals surface area contributed by atoms with Crippen molar-refractivity contribution in [3.05, 3.63) is 91.9 Å². The maximum atomic E-state index is 13.3. The van der Waals surface area contributed by atoms with Crippen LogP contribution in [0.1, 0.15) is 29.2 Å². The number of halogens is 2. The number of urea groups is 1. The van der Waals surface area contributed by atoms with Gasteiger partial charge in [-0.2, -0.15) is 0 Å². The molecule has 0 aromatic heterocycles. The number of barbiturate groups is 1. The van der Waals surface area contributed by atoms with Crippen molar-refractivity contribution < 1.29 is 23.9 Å². The molecule has 1 saturated heterocycles. The highest BCUT2D eigenvalue weighted by Gasteiger charge is 2.37. The fourth-order valence-corrected chi connectivity index (χ4v) is 4.64. The van der Waals surface area contributed by atoms with Gasteiger partial charge in [0, 0.05) is 5.02 Å². The third kappa shape index (κ3) is 5.87. The Balaban J connectivity index is 1.68. The number of hydrogen-bond donors (Lipinski definition) is 1. The lowest BCUT2D eigenvalue weighted by Crippen LogP contribution is -2.54. The number of amides is 4. The molecule has 0 spiro atoms. The van der Waals surface area contributed by atoms with E-state index in [0.29, 0.717) is 51.0 Å². The first-order valence-electron chi connectivity index (χ1n) is 11.5. The molecule has 190 valence electrons. The standard InChI is InChI=1S/C28H24BrClN2O5/c1-4-36-24-13-19(12-22(29)25(24)37-15-18-7-5-6-16(2)10-18)11-21-26(33)31-28(35)32(27(21)34)23-14-20(30)9-8-17(23)3/h5-14H,4,15H2,1-3H3,(H,31,33,35)/b21-11+. The topological polar surface area (TPSA) is 84.9 Å². The molecule has 1 N–H and O–H groups in total. The zero-order valence-electron chi connectivity index (χ0n) is 20.4. The van der Waals surface area contributed by atoms with Crippen LogP contribution in [0.4, 0.5) is 10.5 Å². The quantitative estimate of drug-likeness (QED) is 0.258. The first-order chi connectivity index (χ1) is 17.7. The molecule has 1 heterocycles. The second kappa shape index (κ2) is 11.2. The van der Waals surface area contributed by atoms with Crippen molar-refractivity contribution in [1.82, 2.24) is 5.32 Å². The summed E-state index contributed by atoms with van der Waals surface area (Å²) in [5.74, 6) is -0.609. The number of carbonyl (C=O) groups excluding carboxylic acids is 3. The summed E-state index contributed by atoms with van der Waals surface area (Å²) in [6.07, 6.45) is 1.41. The number of anilines is 1. The van der Waals surface area contributed by atoms with Crippen LogP contribution in [0.25, 0.3) is 6.08 Å². The second-order valence-corrected chi connectivity index (χ2v) is 9.72. The average molecular weight is 584 g/mol. The van der Waals surface area contributed by atoms with E-state index in [-0.39, 0.29) is 5.57 Å². The van der Waals surface area contributed by atoms with Crippen LogP contribution in [-0.4, -0.2) is 24.5 Å². The van der Waals surface area contributed by atoms with Crippen LogP contribution < -0.4 is 19.7 Å². The van der Waals surface area contributed by atoms with E-state index in [1.165, 1.54) is 12.1 Å². The van der Waals surface area contributed by atoms with Crippen molar-refractivity contribution >= 4 is 57.1 Å². The van der Waals surface area contributed by atoms with Gasteiger partial charge >= 0.3 is 6.03 Å². The van der Waals surface area contributed by atoms with Gasteiger partial charge in [-0.3, -0.25) is 14.9 Å². The molecule has 7 nitrogen and oxygen atoms in total. The van der Waals surface area contributed by atoms with E-state index in [4.69, 9.17) is 21.1 Å². The summed E-state index contributed by atoms with van der Waals surface area (Å²) in [6, 6.07) is 15.4. The van der Waals surface area contributed by atoms with Crippen LogP contribution in [0.5, 0.6) is 11.5 Å². The molecule has 0 aliphatic carbocycles. The lowest BCUT2D eigenvalue weighted by atomic mass is 10.1. The minimum Gasteiger partial charge on any atom is -0.490 e. The van der Waals surface area contributed by atoms with Crippen LogP contribution in [0, 0.1) is 13.8 Å². The summed E-state index contributed by atoms with van der Waals surface area (Å²) in [6.45, 7) is 6.31. The number of nitrogens with one attached hydrogen (secondary N) is 1. The Bertz CT molecular complexity index is 1440. The number of carbonyl (C=O) groups is 3. The highest BCUT2D eigenvalue weighted by Crippen LogP contribution is 2.38. The predicted octanol–water partition coefficient (Wildman–Crippen LogP) is 6.36. The van der Waals surface area contributed by atoms with Gasteiger partial charge in [0.1, 0.15) is 12.2 Å². The fraction of sp³-hybridized carbons (Fsp3) is 0.179. The van der Waals surface area contributed by atoms with E-state index in [9.17, 15) is 14.4 Å². The summed E-state index contributed by atoms with van der Waals surface area (Å²) in [7, 11) is 0. The summed E-state index contributed by atoms with van der Waals surface area (Å²) in [4.78, 5) is 39.5. The highest BCUT2D eigenvalue weighted by molar-refractivity contribution is 9.10. The molecule has 37 heavy (non-hydrogen) atoms. The number of benzene rings is 3. The lowest BCUT2D eigenvalue weighted by molar-refractivity contribution is -0.122. The third-order valence-electron chi connectivity index (χ3n) is 5.62. The Morgan fingerprint density at radius 3 is 2.54 bits per heavy atom. The van der Waals surface area contributed by atoms with Gasteiger partial charge in [0.05, 0.1) is 16.8 Å². The molecule has 3 aromatic rings. The first kappa shape index (κ1) is 26.4. The molecule has 4 amide bonds. The summed E-state index contributed by atoms with van der Waals surface area (Å²) in [5, 5.41) is 2.59. The van der Waals surface area contributed by atoms with Crippen LogP contribution >= 0.6 is 27.5 Å². The van der Waals surface area contributed by atoms with Crippen molar-refractivity contribution in [2.75, 3.05) is 11.5 Å². The van der Waals surface area contributed by atoms with E-state index >= 15 is 0 Å². The van der Waals surface area contributed by atoms with Crippen LogP contribution in [-0.2, 0) is 16.2 Å². The molecule has 1 aliphatic heterocycles. The van der Waals surface area contributed by atoms with Gasteiger partial charge in [-0.25, -0.2) is 9.69 Å². The Labute approximate surface area is 228 Å². The molecule has 9 heteroatoms. The molecule has 1 aliphatic rings. The van der Waals surface area contributed by atoms with Crippen molar-refractivity contribution in [2.24, 2.45) is 0 Å². The van der Waals surface area contributed by atoms with Gasteiger partial charge in [-0.15, -0.1) is 0 Å². The first-order valence-corrected chi connectivity index (χ1v) is 12.7. The van der Waals surface area contributed by atoms with Crippen molar-refractivity contribution in [3.8, 4) is 11.5 Å². The van der Waals surface area contributed by atoms with Gasteiger partial charge in [0.25, 0.3) is 11.8 Å². The molecule has 3 aromatic carbocycles.